The summed E-state index contributed by atoms with van der Waals surface area (Å²) in [4.78, 5) is 0. The molecule has 0 fully saturated rings. The van der Waals surface area contributed by atoms with E-state index >= 15 is 0 Å². The van der Waals surface area contributed by atoms with Gasteiger partial charge in [0.2, 0.25) is 0 Å². The Kier molecular flexibility index (Phi) is 3.20. The molecule has 0 saturated heterocycles. The summed E-state index contributed by atoms with van der Waals surface area (Å²) >= 11 is 0. The normalized spacial score (nSPS) is 16.9. The topological polar surface area (TPSA) is 35.2 Å². The van der Waals surface area contributed by atoms with Crippen LogP contribution in [0.3, 0.4) is 0 Å². The van der Waals surface area contributed by atoms with Crippen LogP contribution in [0, 0.1) is 0 Å². The van der Waals surface area contributed by atoms with Crippen LogP contribution in [0.4, 0.5) is 0 Å². The van der Waals surface area contributed by atoms with E-state index in [1.165, 1.54) is 17.5 Å². The van der Waals surface area contributed by atoms with E-state index in [0.29, 0.717) is 0 Å². The summed E-state index contributed by atoms with van der Waals surface area (Å²) in [5.74, 6) is 1.06. The molecule has 2 heteroatoms. The van der Waals surface area contributed by atoms with Crippen LogP contribution < -0.4 is 10.5 Å². The Bertz CT molecular complexity index is 371. The molecule has 16 heavy (non-hydrogen) atoms. The SMILES string of the molecule is CC1(C)Cc2cc(CCCCN)ccc2O1. The third-order valence-electron chi connectivity index (χ3n) is 3.05. The first-order valence-electron chi connectivity index (χ1n) is 6.12. The quantitative estimate of drug-likeness (QED) is 0.790. The summed E-state index contributed by atoms with van der Waals surface area (Å²) in [5, 5.41) is 0. The molecule has 0 amide bonds. The van der Waals surface area contributed by atoms with E-state index in [-0.39, 0.29) is 5.60 Å². The van der Waals surface area contributed by atoms with E-state index in [0.717, 1.165) is 31.6 Å². The van der Waals surface area contributed by atoms with Gasteiger partial charge in [-0.2, -0.15) is 0 Å². The van der Waals surface area contributed by atoms with E-state index in [1.807, 2.05) is 0 Å². The summed E-state index contributed by atoms with van der Waals surface area (Å²) in [6, 6.07) is 6.58. The average Bonchev–Trinajstić information content (AvgIpc) is 2.51. The predicted molar refractivity (Wildman–Crippen MR) is 66.8 cm³/mol. The standard InChI is InChI=1S/C14H21NO/c1-14(2)10-12-9-11(5-3-4-8-15)6-7-13(12)16-14/h6-7,9H,3-5,8,10,15H2,1-2H3. The fourth-order valence-corrected chi connectivity index (χ4v) is 2.29. The second-order valence-corrected chi connectivity index (χ2v) is 5.23. The highest BCUT2D eigenvalue weighted by molar-refractivity contribution is 5.41. The summed E-state index contributed by atoms with van der Waals surface area (Å²) in [6.07, 6.45) is 4.44. The lowest BCUT2D eigenvalue weighted by Gasteiger charge is -2.16. The van der Waals surface area contributed by atoms with E-state index in [2.05, 4.69) is 32.0 Å². The van der Waals surface area contributed by atoms with Crippen molar-refractivity contribution < 1.29 is 4.74 Å². The Balaban J connectivity index is 2.04. The zero-order valence-corrected chi connectivity index (χ0v) is 10.3. The first-order valence-corrected chi connectivity index (χ1v) is 6.12. The summed E-state index contributed by atoms with van der Waals surface area (Å²) in [5.41, 5.74) is 8.24. The van der Waals surface area contributed by atoms with Crippen molar-refractivity contribution in [3.63, 3.8) is 0 Å². The average molecular weight is 219 g/mol. The van der Waals surface area contributed by atoms with Gasteiger partial charge in [-0.1, -0.05) is 12.1 Å². The number of nitrogens with two attached hydrogens (primary N) is 1. The van der Waals surface area contributed by atoms with Crippen LogP contribution in [0.15, 0.2) is 18.2 Å². The minimum atomic E-state index is -0.0295. The summed E-state index contributed by atoms with van der Waals surface area (Å²) in [6.45, 7) is 5.07. The molecule has 0 saturated carbocycles. The lowest BCUT2D eigenvalue weighted by atomic mass is 9.98. The zero-order valence-electron chi connectivity index (χ0n) is 10.3. The molecule has 0 bridgehead atoms. The van der Waals surface area contributed by atoms with Crippen LogP contribution in [0.5, 0.6) is 5.75 Å². The maximum Gasteiger partial charge on any atom is 0.123 e. The molecule has 0 atom stereocenters. The van der Waals surface area contributed by atoms with Crippen molar-refractivity contribution in [1.29, 1.82) is 0 Å². The van der Waals surface area contributed by atoms with Gasteiger partial charge >= 0.3 is 0 Å². The number of fused-ring (bicyclic) bond motifs is 1. The molecular weight excluding hydrogens is 198 g/mol. The van der Waals surface area contributed by atoms with Crippen LogP contribution in [0.2, 0.25) is 0 Å². The van der Waals surface area contributed by atoms with Gasteiger partial charge in [-0.3, -0.25) is 0 Å². The Labute approximate surface area is 97.8 Å². The van der Waals surface area contributed by atoms with Gasteiger partial charge in [0.15, 0.2) is 0 Å². The van der Waals surface area contributed by atoms with Gasteiger partial charge in [0.1, 0.15) is 11.4 Å². The van der Waals surface area contributed by atoms with Crippen molar-refractivity contribution in [3.05, 3.63) is 29.3 Å². The van der Waals surface area contributed by atoms with E-state index in [1.54, 1.807) is 0 Å². The van der Waals surface area contributed by atoms with Gasteiger partial charge in [0.25, 0.3) is 0 Å². The number of hydrogen-bond acceptors (Lipinski definition) is 2. The molecule has 0 radical (unpaired) electrons. The Hall–Kier alpha value is -1.02. The number of aryl methyl sites for hydroxylation is 1. The number of ether oxygens (including phenoxy) is 1. The van der Waals surface area contributed by atoms with E-state index in [4.69, 9.17) is 10.5 Å². The Morgan fingerprint density at radius 3 is 2.88 bits per heavy atom. The monoisotopic (exact) mass is 219 g/mol. The van der Waals surface area contributed by atoms with Gasteiger partial charge in [-0.15, -0.1) is 0 Å². The Morgan fingerprint density at radius 2 is 2.12 bits per heavy atom. The van der Waals surface area contributed by atoms with Crippen molar-refractivity contribution in [2.45, 2.75) is 45.1 Å². The van der Waals surface area contributed by atoms with Gasteiger partial charge in [0.05, 0.1) is 0 Å². The fraction of sp³-hybridized carbons (Fsp3) is 0.571. The minimum absolute atomic E-state index is 0.0295. The molecule has 0 unspecified atom stereocenters. The van der Waals surface area contributed by atoms with Crippen LogP contribution in [-0.4, -0.2) is 12.1 Å². The molecule has 0 spiro atoms. The van der Waals surface area contributed by atoms with E-state index < -0.39 is 0 Å². The highest BCUT2D eigenvalue weighted by atomic mass is 16.5. The summed E-state index contributed by atoms with van der Waals surface area (Å²) < 4.78 is 5.85. The maximum atomic E-state index is 5.85. The van der Waals surface area contributed by atoms with Crippen molar-refractivity contribution in [3.8, 4) is 5.75 Å². The van der Waals surface area contributed by atoms with Crippen LogP contribution >= 0.6 is 0 Å². The molecule has 88 valence electrons. The summed E-state index contributed by atoms with van der Waals surface area (Å²) in [7, 11) is 0. The molecule has 1 aliphatic heterocycles. The second kappa shape index (κ2) is 4.46. The molecule has 2 nitrogen and oxygen atoms in total. The van der Waals surface area contributed by atoms with Crippen molar-refractivity contribution in [1.82, 2.24) is 0 Å². The second-order valence-electron chi connectivity index (χ2n) is 5.23. The fourth-order valence-electron chi connectivity index (χ4n) is 2.29. The zero-order chi connectivity index (χ0) is 11.6. The highest BCUT2D eigenvalue weighted by Gasteiger charge is 2.29. The maximum absolute atomic E-state index is 5.85. The molecule has 2 rings (SSSR count). The molecule has 1 aliphatic rings. The van der Waals surface area contributed by atoms with Crippen molar-refractivity contribution in [2.75, 3.05) is 6.54 Å². The number of hydrogen-bond donors (Lipinski definition) is 1. The van der Waals surface area contributed by atoms with Crippen LogP contribution in [-0.2, 0) is 12.8 Å². The van der Waals surface area contributed by atoms with Crippen LogP contribution in [0.1, 0.15) is 37.8 Å². The van der Waals surface area contributed by atoms with E-state index in [9.17, 15) is 0 Å². The van der Waals surface area contributed by atoms with Gasteiger partial charge in [0, 0.05) is 6.42 Å². The first-order chi connectivity index (χ1) is 7.61. The molecular formula is C14H21NO. The molecule has 1 heterocycles. The minimum Gasteiger partial charge on any atom is -0.487 e. The number of benzene rings is 1. The predicted octanol–water partition coefficient (Wildman–Crippen LogP) is 2.68. The first kappa shape index (κ1) is 11.5. The number of rotatable bonds is 4. The highest BCUT2D eigenvalue weighted by Crippen LogP contribution is 2.35. The largest absolute Gasteiger partial charge is 0.487 e. The molecule has 0 aromatic heterocycles. The molecule has 2 N–H and O–H groups in total. The van der Waals surface area contributed by atoms with Crippen LogP contribution in [0.25, 0.3) is 0 Å². The third-order valence-corrected chi connectivity index (χ3v) is 3.05. The molecule has 1 aromatic rings. The molecule has 0 aliphatic carbocycles. The smallest absolute Gasteiger partial charge is 0.123 e. The Morgan fingerprint density at radius 1 is 1.31 bits per heavy atom. The lowest BCUT2D eigenvalue weighted by molar-refractivity contribution is 0.138. The van der Waals surface area contributed by atoms with Crippen molar-refractivity contribution in [2.24, 2.45) is 5.73 Å². The van der Waals surface area contributed by atoms with Gasteiger partial charge in [-0.25, -0.2) is 0 Å². The van der Waals surface area contributed by atoms with Crippen molar-refractivity contribution >= 4 is 0 Å². The third kappa shape index (κ3) is 2.56. The van der Waals surface area contributed by atoms with Gasteiger partial charge < -0.3 is 10.5 Å². The number of unbranched alkanes of at least 4 members (excludes halogenated alkanes) is 1. The molecule has 1 aromatic carbocycles. The lowest BCUT2D eigenvalue weighted by Crippen LogP contribution is -2.24. The van der Waals surface area contributed by atoms with Gasteiger partial charge in [-0.05, 0) is 56.8 Å².